The number of hydrogen-bond acceptors (Lipinski definition) is 5. The standard InChI is InChI=1S/C20H16ClF3O6/c1-28-14-6-5-13(29-8-7-16(26)27)17(18(14)20(22,23)24)15-9-12(25)10-3-2-4-11(21)19(10)30-15/h2-6,15H,7-9H2,1H3,(H,26,27). The molecule has 2 aromatic rings. The maximum absolute atomic E-state index is 14.0. The third kappa shape index (κ3) is 4.30. The Morgan fingerprint density at radius 2 is 1.97 bits per heavy atom. The first-order chi connectivity index (χ1) is 14.1. The number of carboxylic acids is 1. The number of para-hydroxylation sites is 1. The summed E-state index contributed by atoms with van der Waals surface area (Å²) in [6, 6.07) is 6.75. The van der Waals surface area contributed by atoms with E-state index in [1.54, 1.807) is 0 Å². The van der Waals surface area contributed by atoms with Crippen molar-refractivity contribution in [3.8, 4) is 17.2 Å². The average molecular weight is 445 g/mol. The molecule has 1 unspecified atom stereocenters. The molecule has 10 heteroatoms. The fraction of sp³-hybridized carbons (Fsp3) is 0.300. The Morgan fingerprint density at radius 3 is 2.60 bits per heavy atom. The van der Waals surface area contributed by atoms with Gasteiger partial charge in [0.1, 0.15) is 28.9 Å². The monoisotopic (exact) mass is 444 g/mol. The molecule has 1 aliphatic rings. The zero-order chi connectivity index (χ0) is 22.1. The van der Waals surface area contributed by atoms with Gasteiger partial charge in [-0.15, -0.1) is 0 Å². The number of hydrogen-bond donors (Lipinski definition) is 1. The molecule has 0 aliphatic carbocycles. The van der Waals surface area contributed by atoms with Crippen molar-refractivity contribution in [2.45, 2.75) is 25.1 Å². The first-order valence-electron chi connectivity index (χ1n) is 8.74. The van der Waals surface area contributed by atoms with E-state index in [1.807, 2.05) is 0 Å². The second-order valence-corrected chi connectivity index (χ2v) is 6.80. The van der Waals surface area contributed by atoms with Crippen LogP contribution in [0.25, 0.3) is 0 Å². The predicted molar refractivity (Wildman–Crippen MR) is 99.5 cm³/mol. The highest BCUT2D eigenvalue weighted by molar-refractivity contribution is 6.32. The van der Waals surface area contributed by atoms with Gasteiger partial charge in [-0.05, 0) is 24.3 Å². The summed E-state index contributed by atoms with van der Waals surface area (Å²) in [6.07, 6.45) is -7.04. The van der Waals surface area contributed by atoms with Crippen LogP contribution in [-0.2, 0) is 11.0 Å². The Kier molecular flexibility index (Phi) is 6.12. The van der Waals surface area contributed by atoms with Gasteiger partial charge >= 0.3 is 12.1 Å². The van der Waals surface area contributed by atoms with E-state index in [2.05, 4.69) is 0 Å². The molecule has 1 N–H and O–H groups in total. The SMILES string of the molecule is COc1ccc(OCCC(=O)O)c(C2CC(=O)c3cccc(Cl)c3O2)c1C(F)(F)F. The number of halogens is 4. The molecule has 1 atom stereocenters. The summed E-state index contributed by atoms with van der Waals surface area (Å²) in [5.41, 5.74) is -1.44. The third-order valence-electron chi connectivity index (χ3n) is 4.46. The summed E-state index contributed by atoms with van der Waals surface area (Å²) >= 11 is 6.09. The van der Waals surface area contributed by atoms with E-state index in [9.17, 15) is 22.8 Å². The molecule has 0 saturated carbocycles. The van der Waals surface area contributed by atoms with Crippen LogP contribution in [0.3, 0.4) is 0 Å². The van der Waals surface area contributed by atoms with Crippen LogP contribution in [0.5, 0.6) is 17.2 Å². The normalized spacial score (nSPS) is 15.9. The lowest BCUT2D eigenvalue weighted by molar-refractivity contribution is -0.141. The molecule has 0 spiro atoms. The molecule has 1 heterocycles. The molecular formula is C20H16ClF3O6. The molecule has 160 valence electrons. The molecule has 3 rings (SSSR count). The van der Waals surface area contributed by atoms with E-state index in [-0.39, 0.29) is 35.1 Å². The predicted octanol–water partition coefficient (Wildman–Crippen LogP) is 4.93. The number of fused-ring (bicyclic) bond motifs is 1. The zero-order valence-electron chi connectivity index (χ0n) is 15.6. The maximum atomic E-state index is 14.0. The number of Topliss-reactive ketones (excluding diaryl/α,β-unsaturated/α-hetero) is 1. The molecule has 0 radical (unpaired) electrons. The molecule has 6 nitrogen and oxygen atoms in total. The van der Waals surface area contributed by atoms with E-state index >= 15 is 0 Å². The van der Waals surface area contributed by atoms with Crippen molar-refractivity contribution in [3.63, 3.8) is 0 Å². The highest BCUT2D eigenvalue weighted by atomic mass is 35.5. The van der Waals surface area contributed by atoms with Crippen molar-refractivity contribution in [1.29, 1.82) is 0 Å². The summed E-state index contributed by atoms with van der Waals surface area (Å²) in [5.74, 6) is -2.38. The van der Waals surface area contributed by atoms with Gasteiger partial charge in [0, 0.05) is 0 Å². The fourth-order valence-electron chi connectivity index (χ4n) is 3.21. The minimum atomic E-state index is -4.86. The van der Waals surface area contributed by atoms with Gasteiger partial charge in [0.25, 0.3) is 0 Å². The Labute approximate surface area is 174 Å². The summed E-state index contributed by atoms with van der Waals surface area (Å²) < 4.78 is 57.8. The first kappa shape index (κ1) is 21.8. The summed E-state index contributed by atoms with van der Waals surface area (Å²) in [7, 11) is 1.08. The van der Waals surface area contributed by atoms with Crippen molar-refractivity contribution in [3.05, 3.63) is 52.0 Å². The third-order valence-corrected chi connectivity index (χ3v) is 4.76. The van der Waals surface area contributed by atoms with E-state index < -0.39 is 47.3 Å². The van der Waals surface area contributed by atoms with Crippen LogP contribution in [0.15, 0.2) is 30.3 Å². The molecule has 1 aliphatic heterocycles. The van der Waals surface area contributed by atoms with Gasteiger partial charge in [-0.25, -0.2) is 0 Å². The van der Waals surface area contributed by atoms with Gasteiger partial charge in [0.05, 0.1) is 42.7 Å². The quantitative estimate of drug-likeness (QED) is 0.680. The van der Waals surface area contributed by atoms with Gasteiger partial charge in [0.2, 0.25) is 0 Å². The minimum absolute atomic E-state index is 0.0205. The number of ether oxygens (including phenoxy) is 3. The first-order valence-corrected chi connectivity index (χ1v) is 9.12. The molecule has 0 bridgehead atoms. The molecule has 0 fully saturated rings. The van der Waals surface area contributed by atoms with Crippen LogP contribution in [0.2, 0.25) is 5.02 Å². The molecule has 0 amide bonds. The smallest absolute Gasteiger partial charge is 0.420 e. The van der Waals surface area contributed by atoms with Crippen molar-refractivity contribution in [2.24, 2.45) is 0 Å². The van der Waals surface area contributed by atoms with Gasteiger partial charge in [0.15, 0.2) is 5.78 Å². The van der Waals surface area contributed by atoms with E-state index in [1.165, 1.54) is 24.3 Å². The maximum Gasteiger partial charge on any atom is 0.420 e. The molecule has 2 aromatic carbocycles. The lowest BCUT2D eigenvalue weighted by Crippen LogP contribution is -2.25. The topological polar surface area (TPSA) is 82.1 Å². The number of aliphatic carboxylic acids is 1. The zero-order valence-corrected chi connectivity index (χ0v) is 16.3. The summed E-state index contributed by atoms with van der Waals surface area (Å²) in [5, 5.41) is 8.87. The molecule has 0 aromatic heterocycles. The van der Waals surface area contributed by atoms with E-state index in [4.69, 9.17) is 30.9 Å². The van der Waals surface area contributed by atoms with Crippen molar-refractivity contribution < 1.29 is 42.1 Å². The largest absolute Gasteiger partial charge is 0.496 e. The van der Waals surface area contributed by atoms with Crippen LogP contribution in [-0.4, -0.2) is 30.6 Å². The number of carboxylic acid groups (broad SMARTS) is 1. The Hall–Kier alpha value is -2.94. The second-order valence-electron chi connectivity index (χ2n) is 6.39. The number of benzene rings is 2. The Balaban J connectivity index is 2.14. The lowest BCUT2D eigenvalue weighted by Gasteiger charge is -2.30. The van der Waals surface area contributed by atoms with Gasteiger partial charge in [-0.1, -0.05) is 17.7 Å². The molecular weight excluding hydrogens is 429 g/mol. The minimum Gasteiger partial charge on any atom is -0.496 e. The van der Waals surface area contributed by atoms with E-state index in [0.29, 0.717) is 0 Å². The highest BCUT2D eigenvalue weighted by Gasteiger charge is 2.43. The average Bonchev–Trinajstić information content (AvgIpc) is 2.67. The number of alkyl halides is 3. The van der Waals surface area contributed by atoms with Crippen LogP contribution in [0.1, 0.15) is 40.4 Å². The fourth-order valence-corrected chi connectivity index (χ4v) is 3.43. The van der Waals surface area contributed by atoms with Crippen LogP contribution >= 0.6 is 11.6 Å². The molecule has 0 saturated heterocycles. The van der Waals surface area contributed by atoms with E-state index in [0.717, 1.165) is 13.2 Å². The van der Waals surface area contributed by atoms with Crippen molar-refractivity contribution >= 4 is 23.4 Å². The highest BCUT2D eigenvalue weighted by Crippen LogP contribution is 2.49. The van der Waals surface area contributed by atoms with Gasteiger partial charge in [-0.3, -0.25) is 9.59 Å². The number of carbonyl (C=O) groups is 2. The van der Waals surface area contributed by atoms with Crippen LogP contribution in [0, 0.1) is 0 Å². The number of rotatable bonds is 6. The number of ketones is 1. The van der Waals surface area contributed by atoms with Crippen molar-refractivity contribution in [2.75, 3.05) is 13.7 Å². The van der Waals surface area contributed by atoms with Crippen LogP contribution in [0.4, 0.5) is 13.2 Å². The number of methoxy groups -OCH3 is 1. The molecule has 30 heavy (non-hydrogen) atoms. The van der Waals surface area contributed by atoms with Crippen molar-refractivity contribution in [1.82, 2.24) is 0 Å². The van der Waals surface area contributed by atoms with Gasteiger partial charge < -0.3 is 19.3 Å². The Morgan fingerprint density at radius 1 is 1.27 bits per heavy atom. The number of carbonyl (C=O) groups excluding carboxylic acids is 1. The second kappa shape index (κ2) is 8.43. The van der Waals surface area contributed by atoms with Gasteiger partial charge in [-0.2, -0.15) is 13.2 Å². The summed E-state index contributed by atoms with van der Waals surface area (Å²) in [6.45, 7) is -0.371. The lowest BCUT2D eigenvalue weighted by atomic mass is 9.92. The Bertz CT molecular complexity index is 989. The summed E-state index contributed by atoms with van der Waals surface area (Å²) in [4.78, 5) is 23.3. The van der Waals surface area contributed by atoms with Crippen LogP contribution < -0.4 is 14.2 Å².